The molecule has 1 N–H and O–H groups in total. The van der Waals surface area contributed by atoms with Crippen molar-refractivity contribution >= 4 is 46.2 Å². The maximum atomic E-state index is 13.5. The van der Waals surface area contributed by atoms with E-state index in [9.17, 15) is 9.18 Å². The Balaban J connectivity index is 1.66. The summed E-state index contributed by atoms with van der Waals surface area (Å²) in [6.45, 7) is 5.89. The van der Waals surface area contributed by atoms with Gasteiger partial charge in [0.15, 0.2) is 5.17 Å². The number of nitrogens with zero attached hydrogens (tertiary/aromatic N) is 2. The van der Waals surface area contributed by atoms with Gasteiger partial charge >= 0.3 is 0 Å². The van der Waals surface area contributed by atoms with Crippen LogP contribution in [0.25, 0.3) is 11.8 Å². The summed E-state index contributed by atoms with van der Waals surface area (Å²) in [4.78, 5) is 17.6. The van der Waals surface area contributed by atoms with Crippen LogP contribution in [0.2, 0.25) is 5.02 Å². The summed E-state index contributed by atoms with van der Waals surface area (Å²) in [5, 5.41) is 3.45. The Bertz CT molecular complexity index is 1230. The second-order valence-electron chi connectivity index (χ2n) is 7.03. The lowest BCUT2D eigenvalue weighted by Gasteiger charge is -2.10. The molecule has 30 heavy (non-hydrogen) atoms. The van der Waals surface area contributed by atoms with E-state index in [-0.39, 0.29) is 10.9 Å². The highest BCUT2D eigenvalue weighted by molar-refractivity contribution is 8.18. The molecule has 2 aromatic carbocycles. The Morgan fingerprint density at radius 2 is 1.90 bits per heavy atom. The van der Waals surface area contributed by atoms with Gasteiger partial charge in [-0.15, -0.1) is 0 Å². The molecule has 0 bridgehead atoms. The molecule has 1 saturated heterocycles. The van der Waals surface area contributed by atoms with E-state index in [1.165, 1.54) is 17.8 Å². The lowest BCUT2D eigenvalue weighted by molar-refractivity contribution is -0.115. The van der Waals surface area contributed by atoms with Crippen molar-refractivity contribution in [2.24, 2.45) is 4.99 Å². The fourth-order valence-electron chi connectivity index (χ4n) is 3.38. The highest BCUT2D eigenvalue weighted by atomic mass is 35.5. The van der Waals surface area contributed by atoms with E-state index in [1.807, 2.05) is 61.7 Å². The zero-order valence-electron chi connectivity index (χ0n) is 16.7. The van der Waals surface area contributed by atoms with Crippen LogP contribution < -0.4 is 5.32 Å². The van der Waals surface area contributed by atoms with Gasteiger partial charge in [0, 0.05) is 17.1 Å². The number of thioether (sulfide) groups is 1. The number of hydrogen-bond acceptors (Lipinski definition) is 3. The molecule has 0 radical (unpaired) electrons. The summed E-state index contributed by atoms with van der Waals surface area (Å²) in [6, 6.07) is 14.4. The van der Waals surface area contributed by atoms with Gasteiger partial charge in [-0.3, -0.25) is 4.79 Å². The molecule has 1 fully saturated rings. The molecule has 0 spiro atoms. The number of amidine groups is 1. The van der Waals surface area contributed by atoms with Crippen molar-refractivity contribution in [1.29, 1.82) is 0 Å². The van der Waals surface area contributed by atoms with Crippen molar-refractivity contribution < 1.29 is 9.18 Å². The lowest BCUT2D eigenvalue weighted by Crippen LogP contribution is -2.19. The van der Waals surface area contributed by atoms with Gasteiger partial charge in [0.05, 0.1) is 15.6 Å². The minimum atomic E-state index is -0.454. The van der Waals surface area contributed by atoms with E-state index in [1.54, 1.807) is 12.1 Å². The fraction of sp³-hybridized carbons (Fsp3) is 0.130. The van der Waals surface area contributed by atoms with E-state index in [0.29, 0.717) is 10.1 Å². The molecule has 0 saturated carbocycles. The number of amides is 1. The first-order valence-electron chi connectivity index (χ1n) is 9.33. The van der Waals surface area contributed by atoms with Crippen LogP contribution in [0.4, 0.5) is 10.1 Å². The van der Waals surface area contributed by atoms with Crippen LogP contribution in [0.1, 0.15) is 22.5 Å². The van der Waals surface area contributed by atoms with Crippen molar-refractivity contribution in [3.05, 3.63) is 86.8 Å². The van der Waals surface area contributed by atoms with E-state index in [0.717, 1.165) is 33.9 Å². The molecular formula is C23H19ClFN3OS. The molecule has 4 nitrogen and oxygen atoms in total. The van der Waals surface area contributed by atoms with E-state index >= 15 is 0 Å². The number of benzene rings is 2. The van der Waals surface area contributed by atoms with E-state index in [2.05, 4.69) is 10.3 Å². The molecule has 1 aliphatic heterocycles. The molecule has 4 rings (SSSR count). The van der Waals surface area contributed by atoms with E-state index in [4.69, 9.17) is 11.6 Å². The van der Waals surface area contributed by atoms with Gasteiger partial charge in [0.25, 0.3) is 5.91 Å². The standard InChI is InChI=1S/C23H19ClFN3OS/c1-13-6-4-5-7-20(13)26-23-27-22(29)21(30-23)11-16-10-14(2)28(15(16)3)17-8-9-19(25)18(24)12-17/h4-12H,1-3H3,(H,26,27,29)/b21-11-. The Labute approximate surface area is 183 Å². The maximum absolute atomic E-state index is 13.5. The van der Waals surface area contributed by atoms with Gasteiger partial charge in [-0.05, 0) is 80.1 Å². The first kappa shape index (κ1) is 20.4. The van der Waals surface area contributed by atoms with Crippen LogP contribution in [0, 0.1) is 26.6 Å². The Morgan fingerprint density at radius 3 is 2.63 bits per heavy atom. The maximum Gasteiger partial charge on any atom is 0.264 e. The summed E-state index contributed by atoms with van der Waals surface area (Å²) in [5.74, 6) is -0.633. The number of carbonyl (C=O) groups is 1. The number of aliphatic imine (C=N–C) groups is 1. The highest BCUT2D eigenvalue weighted by Gasteiger charge is 2.25. The molecule has 1 amide bonds. The SMILES string of the molecule is Cc1ccccc1N=C1NC(=O)/C(=C/c2cc(C)n(-c3ccc(F)c(Cl)c3)c2C)S1. The van der Waals surface area contributed by atoms with Crippen LogP contribution in [0.3, 0.4) is 0 Å². The van der Waals surface area contributed by atoms with Crippen molar-refractivity contribution in [1.82, 2.24) is 9.88 Å². The number of aromatic nitrogens is 1. The van der Waals surface area contributed by atoms with Crippen LogP contribution in [0.5, 0.6) is 0 Å². The van der Waals surface area contributed by atoms with Crippen LogP contribution in [0.15, 0.2) is 58.4 Å². The number of para-hydroxylation sites is 1. The van der Waals surface area contributed by atoms with Gasteiger partial charge in [0.2, 0.25) is 0 Å². The second-order valence-corrected chi connectivity index (χ2v) is 8.47. The van der Waals surface area contributed by atoms with Gasteiger partial charge in [-0.25, -0.2) is 9.38 Å². The Kier molecular flexibility index (Phi) is 5.54. The average Bonchev–Trinajstić information content (AvgIpc) is 3.18. The third-order valence-corrected chi connectivity index (χ3v) is 6.11. The number of aryl methyl sites for hydroxylation is 2. The monoisotopic (exact) mass is 439 g/mol. The summed E-state index contributed by atoms with van der Waals surface area (Å²) in [6.07, 6.45) is 1.85. The minimum absolute atomic E-state index is 0.0719. The van der Waals surface area contributed by atoms with Crippen molar-refractivity contribution in [2.45, 2.75) is 20.8 Å². The van der Waals surface area contributed by atoms with Crippen molar-refractivity contribution in [2.75, 3.05) is 0 Å². The van der Waals surface area contributed by atoms with Gasteiger partial charge in [-0.2, -0.15) is 0 Å². The van der Waals surface area contributed by atoms with Crippen LogP contribution >= 0.6 is 23.4 Å². The zero-order valence-corrected chi connectivity index (χ0v) is 18.2. The molecule has 7 heteroatoms. The van der Waals surface area contributed by atoms with Crippen molar-refractivity contribution in [3.63, 3.8) is 0 Å². The summed E-state index contributed by atoms with van der Waals surface area (Å²) < 4.78 is 15.5. The molecule has 0 atom stereocenters. The number of hydrogen-bond donors (Lipinski definition) is 1. The summed E-state index contributed by atoms with van der Waals surface area (Å²) >= 11 is 7.27. The smallest absolute Gasteiger partial charge is 0.264 e. The number of nitrogens with one attached hydrogen (secondary N) is 1. The van der Waals surface area contributed by atoms with Crippen LogP contribution in [-0.4, -0.2) is 15.6 Å². The first-order chi connectivity index (χ1) is 14.3. The average molecular weight is 440 g/mol. The largest absolute Gasteiger partial charge is 0.318 e. The van der Waals surface area contributed by atoms with Crippen molar-refractivity contribution in [3.8, 4) is 5.69 Å². The normalized spacial score (nSPS) is 16.5. The first-order valence-corrected chi connectivity index (χ1v) is 10.5. The van der Waals surface area contributed by atoms with Gasteiger partial charge in [-0.1, -0.05) is 29.8 Å². The molecule has 3 aromatic rings. The summed E-state index contributed by atoms with van der Waals surface area (Å²) in [7, 11) is 0. The molecule has 2 heterocycles. The minimum Gasteiger partial charge on any atom is -0.318 e. The third kappa shape index (κ3) is 3.93. The number of rotatable bonds is 3. The quantitative estimate of drug-likeness (QED) is 0.502. The van der Waals surface area contributed by atoms with Crippen LogP contribution in [-0.2, 0) is 4.79 Å². The number of halogens is 2. The zero-order chi connectivity index (χ0) is 21.4. The molecule has 0 unspecified atom stereocenters. The second kappa shape index (κ2) is 8.13. The lowest BCUT2D eigenvalue weighted by atomic mass is 10.2. The molecule has 152 valence electrons. The highest BCUT2D eigenvalue weighted by Crippen LogP contribution is 2.31. The molecular weight excluding hydrogens is 421 g/mol. The third-order valence-electron chi connectivity index (χ3n) is 4.91. The predicted molar refractivity (Wildman–Crippen MR) is 122 cm³/mol. The Hall–Kier alpha value is -2.83. The van der Waals surface area contributed by atoms with Gasteiger partial charge in [0.1, 0.15) is 5.82 Å². The topological polar surface area (TPSA) is 46.4 Å². The predicted octanol–water partition coefficient (Wildman–Crippen LogP) is 6.09. The molecule has 0 aliphatic carbocycles. The fourth-order valence-corrected chi connectivity index (χ4v) is 4.38. The molecule has 1 aliphatic rings. The van der Waals surface area contributed by atoms with E-state index < -0.39 is 5.82 Å². The number of carbonyl (C=O) groups excluding carboxylic acids is 1. The van der Waals surface area contributed by atoms with Gasteiger partial charge < -0.3 is 9.88 Å². The Morgan fingerprint density at radius 1 is 1.13 bits per heavy atom. The summed E-state index contributed by atoms with van der Waals surface area (Å²) in [5.41, 5.74) is 5.43. The molecule has 1 aromatic heterocycles.